The van der Waals surface area contributed by atoms with Crippen molar-refractivity contribution in [2.45, 2.75) is 19.3 Å². The summed E-state index contributed by atoms with van der Waals surface area (Å²) in [6.45, 7) is -0.543. The molecule has 0 N–H and O–H groups in total. The van der Waals surface area contributed by atoms with Gasteiger partial charge in [-0.05, 0) is 67.5 Å². The molecule has 2 heterocycles. The topological polar surface area (TPSA) is 137 Å². The van der Waals surface area contributed by atoms with Gasteiger partial charge in [0.05, 0.1) is 39.2 Å². The van der Waals surface area contributed by atoms with Crippen molar-refractivity contribution in [3.05, 3.63) is 100 Å². The van der Waals surface area contributed by atoms with Gasteiger partial charge >= 0.3 is 5.97 Å². The SMILES string of the molecule is O=C(COC(=O)c1cc(-c2ccc(N3C(=O)[C@H]4[C@H]5CC[C@@H](C5)[C@@H]4C3=O)cc2)nc2ccccc12)c1ccc([N+](=O)[O-])cc1. The first-order valence-electron chi connectivity index (χ1n) is 14.1. The number of imide groups is 1. The average molecular weight is 576 g/mol. The van der Waals surface area contributed by atoms with Gasteiger partial charge in [0, 0.05) is 28.6 Å². The van der Waals surface area contributed by atoms with E-state index >= 15 is 0 Å². The summed E-state index contributed by atoms with van der Waals surface area (Å²) in [5.41, 5.74) is 2.48. The minimum absolute atomic E-state index is 0.105. The quantitative estimate of drug-likeness (QED) is 0.0941. The van der Waals surface area contributed by atoms with Crippen LogP contribution in [0.2, 0.25) is 0 Å². The van der Waals surface area contributed by atoms with Crippen LogP contribution in [0.1, 0.15) is 40.0 Å². The second-order valence-electron chi connectivity index (χ2n) is 11.3. The molecule has 3 aromatic carbocycles. The third-order valence-electron chi connectivity index (χ3n) is 9.02. The molecule has 2 amide bonds. The third kappa shape index (κ3) is 4.46. The predicted molar refractivity (Wildman–Crippen MR) is 155 cm³/mol. The molecule has 1 saturated heterocycles. The molecule has 10 heteroatoms. The third-order valence-corrected chi connectivity index (χ3v) is 9.02. The fourth-order valence-electron chi connectivity index (χ4n) is 7.00. The maximum absolute atomic E-state index is 13.2. The number of Topliss-reactive ketones (excluding diaryl/α,β-unsaturated/α-hetero) is 1. The number of carbonyl (C=O) groups is 4. The molecule has 3 fully saturated rings. The molecular weight excluding hydrogens is 550 g/mol. The maximum atomic E-state index is 13.2. The predicted octanol–water partition coefficient (Wildman–Crippen LogP) is 5.39. The number of hydrogen-bond donors (Lipinski definition) is 0. The van der Waals surface area contributed by atoms with Crippen molar-refractivity contribution < 1.29 is 28.8 Å². The number of esters is 1. The number of para-hydroxylation sites is 1. The van der Waals surface area contributed by atoms with E-state index in [9.17, 15) is 29.3 Å². The summed E-state index contributed by atoms with van der Waals surface area (Å²) in [4.78, 5) is 68.6. The number of nitro groups is 1. The molecule has 214 valence electrons. The molecule has 0 spiro atoms. The highest BCUT2D eigenvalue weighted by atomic mass is 16.6. The molecule has 0 radical (unpaired) electrons. The van der Waals surface area contributed by atoms with Crippen molar-refractivity contribution >= 4 is 45.8 Å². The van der Waals surface area contributed by atoms with E-state index in [2.05, 4.69) is 0 Å². The standard InChI is InChI=1S/C33H25N3O7/c37-28(19-9-13-23(14-10-19)36(41)42)17-43-33(40)25-16-27(34-26-4-2-1-3-24(25)26)18-7-11-22(12-8-18)35-31(38)29-20-5-6-21(15-20)30(29)32(35)39/h1-4,7-14,16,20-21,29-30H,5-6,15,17H2/t20-,21-,29-,30-/m0/s1. The summed E-state index contributed by atoms with van der Waals surface area (Å²) in [5, 5.41) is 11.4. The van der Waals surface area contributed by atoms with Crippen LogP contribution < -0.4 is 4.90 Å². The van der Waals surface area contributed by atoms with Gasteiger partial charge in [0.1, 0.15) is 0 Å². The molecule has 7 rings (SSSR count). The second-order valence-corrected chi connectivity index (χ2v) is 11.3. The molecule has 2 aliphatic carbocycles. The largest absolute Gasteiger partial charge is 0.454 e. The number of ether oxygens (including phenoxy) is 1. The Morgan fingerprint density at radius 3 is 2.21 bits per heavy atom. The number of hydrogen-bond acceptors (Lipinski definition) is 8. The molecule has 43 heavy (non-hydrogen) atoms. The molecule has 1 aromatic heterocycles. The van der Waals surface area contributed by atoms with Crippen molar-refractivity contribution in [2.24, 2.45) is 23.7 Å². The van der Waals surface area contributed by atoms with Crippen molar-refractivity contribution in [3.8, 4) is 11.3 Å². The number of amides is 2. The highest BCUT2D eigenvalue weighted by Crippen LogP contribution is 2.56. The van der Waals surface area contributed by atoms with E-state index in [4.69, 9.17) is 9.72 Å². The fraction of sp³-hybridized carbons (Fsp3) is 0.242. The van der Waals surface area contributed by atoms with Crippen LogP contribution in [0.4, 0.5) is 11.4 Å². The van der Waals surface area contributed by atoms with Crippen LogP contribution in [0.3, 0.4) is 0 Å². The summed E-state index contributed by atoms with van der Waals surface area (Å²) in [5.74, 6) is -1.22. The molecule has 2 bridgehead atoms. The maximum Gasteiger partial charge on any atom is 0.339 e. The first kappa shape index (κ1) is 26.6. The van der Waals surface area contributed by atoms with Crippen molar-refractivity contribution in [3.63, 3.8) is 0 Å². The van der Waals surface area contributed by atoms with Crippen LogP contribution in [0.5, 0.6) is 0 Å². The van der Waals surface area contributed by atoms with Gasteiger partial charge in [-0.2, -0.15) is 0 Å². The lowest BCUT2D eigenvalue weighted by atomic mass is 9.81. The summed E-state index contributed by atoms with van der Waals surface area (Å²) in [6, 6.07) is 20.7. The van der Waals surface area contributed by atoms with Gasteiger partial charge in [0.15, 0.2) is 12.4 Å². The number of carbonyl (C=O) groups excluding carboxylic acids is 4. The minimum Gasteiger partial charge on any atom is -0.454 e. The summed E-state index contributed by atoms with van der Waals surface area (Å²) in [7, 11) is 0. The number of rotatable bonds is 7. The summed E-state index contributed by atoms with van der Waals surface area (Å²) in [6.07, 6.45) is 3.01. The van der Waals surface area contributed by atoms with Crippen molar-refractivity contribution in [2.75, 3.05) is 11.5 Å². The molecular formula is C33H25N3O7. The van der Waals surface area contributed by atoms with Gasteiger partial charge in [-0.3, -0.25) is 29.4 Å². The molecule has 1 aliphatic heterocycles. The van der Waals surface area contributed by atoms with E-state index in [1.165, 1.54) is 29.2 Å². The van der Waals surface area contributed by atoms with Crippen LogP contribution in [0.15, 0.2) is 78.9 Å². The lowest BCUT2D eigenvalue weighted by Gasteiger charge is -2.19. The Bertz CT molecular complexity index is 1810. The average Bonchev–Trinajstić information content (AvgIpc) is 3.72. The van der Waals surface area contributed by atoms with E-state index in [1.807, 2.05) is 0 Å². The Morgan fingerprint density at radius 2 is 1.56 bits per heavy atom. The van der Waals surface area contributed by atoms with Crippen LogP contribution in [-0.2, 0) is 14.3 Å². The number of nitro benzene ring substituents is 1. The van der Waals surface area contributed by atoms with Gasteiger partial charge in [-0.1, -0.05) is 30.3 Å². The molecule has 2 saturated carbocycles. The molecule has 4 atom stereocenters. The van der Waals surface area contributed by atoms with Gasteiger partial charge in [0.25, 0.3) is 5.69 Å². The second kappa shape index (κ2) is 10.2. The number of benzene rings is 3. The number of fused-ring (bicyclic) bond motifs is 6. The number of ketones is 1. The lowest BCUT2D eigenvalue weighted by molar-refractivity contribution is -0.384. The van der Waals surface area contributed by atoms with Crippen molar-refractivity contribution in [1.82, 2.24) is 4.98 Å². The van der Waals surface area contributed by atoms with Crippen LogP contribution in [-0.4, -0.2) is 40.1 Å². The monoisotopic (exact) mass is 575 g/mol. The van der Waals surface area contributed by atoms with Crippen LogP contribution >= 0.6 is 0 Å². The number of aromatic nitrogens is 1. The Kier molecular flexibility index (Phi) is 6.34. The Balaban J connectivity index is 1.12. The van der Waals surface area contributed by atoms with Gasteiger partial charge in [-0.25, -0.2) is 9.78 Å². The number of anilines is 1. The summed E-state index contributed by atoms with van der Waals surface area (Å²) >= 11 is 0. The highest BCUT2D eigenvalue weighted by Gasteiger charge is 2.61. The molecule has 0 unspecified atom stereocenters. The Morgan fingerprint density at radius 1 is 0.907 bits per heavy atom. The van der Waals surface area contributed by atoms with Crippen molar-refractivity contribution in [1.29, 1.82) is 0 Å². The van der Waals surface area contributed by atoms with E-state index in [1.54, 1.807) is 54.6 Å². The molecule has 10 nitrogen and oxygen atoms in total. The lowest BCUT2D eigenvalue weighted by Crippen LogP contribution is -2.32. The van der Waals surface area contributed by atoms with Crippen LogP contribution in [0.25, 0.3) is 22.2 Å². The van der Waals surface area contributed by atoms with E-state index in [0.29, 0.717) is 39.7 Å². The Hall–Kier alpha value is -5.25. The zero-order chi connectivity index (χ0) is 29.8. The minimum atomic E-state index is -0.721. The number of pyridine rings is 1. The zero-order valence-corrected chi connectivity index (χ0v) is 22.8. The van der Waals surface area contributed by atoms with Gasteiger partial charge in [0.2, 0.25) is 11.8 Å². The van der Waals surface area contributed by atoms with E-state index < -0.39 is 23.3 Å². The normalized spacial score (nSPS) is 22.2. The molecule has 4 aromatic rings. The highest BCUT2D eigenvalue weighted by molar-refractivity contribution is 6.22. The first-order chi connectivity index (χ1) is 20.8. The van der Waals surface area contributed by atoms with Gasteiger partial charge < -0.3 is 4.74 Å². The first-order valence-corrected chi connectivity index (χ1v) is 14.1. The number of nitrogens with zero attached hydrogens (tertiary/aromatic N) is 3. The smallest absolute Gasteiger partial charge is 0.339 e. The van der Waals surface area contributed by atoms with E-state index in [-0.39, 0.29) is 40.5 Å². The fourth-order valence-corrected chi connectivity index (χ4v) is 7.00. The molecule has 3 aliphatic rings. The summed E-state index contributed by atoms with van der Waals surface area (Å²) < 4.78 is 5.36. The zero-order valence-electron chi connectivity index (χ0n) is 22.8. The Labute approximate surface area is 245 Å². The van der Waals surface area contributed by atoms with Crippen LogP contribution in [0, 0.1) is 33.8 Å². The van der Waals surface area contributed by atoms with E-state index in [0.717, 1.165) is 19.3 Å². The number of non-ortho nitro benzene ring substituents is 1. The van der Waals surface area contributed by atoms with Gasteiger partial charge in [-0.15, -0.1) is 0 Å².